The Labute approximate surface area is 116 Å². The van der Waals surface area contributed by atoms with Crippen LogP contribution in [-0.4, -0.2) is 12.2 Å². The molecule has 20 heavy (non-hydrogen) atoms. The van der Waals surface area contributed by atoms with Crippen LogP contribution in [0, 0.1) is 18.6 Å². The third-order valence-electron chi connectivity index (χ3n) is 3.26. The molecule has 2 aromatic rings. The number of aliphatic hydroxyl groups excluding tert-OH is 1. The normalized spacial score (nSPS) is 12.2. The van der Waals surface area contributed by atoms with E-state index in [1.54, 1.807) is 24.3 Å². The SMILES string of the molecule is COc1ccccc1CC(O)c1c(F)ccc(C)c1F. The lowest BCUT2D eigenvalue weighted by Crippen LogP contribution is -2.09. The van der Waals surface area contributed by atoms with Gasteiger partial charge in [0.05, 0.1) is 18.8 Å². The molecule has 2 rings (SSSR count). The van der Waals surface area contributed by atoms with E-state index >= 15 is 0 Å². The quantitative estimate of drug-likeness (QED) is 0.926. The highest BCUT2D eigenvalue weighted by atomic mass is 19.1. The van der Waals surface area contributed by atoms with Crippen molar-refractivity contribution < 1.29 is 18.6 Å². The Hall–Kier alpha value is -1.94. The fourth-order valence-corrected chi connectivity index (χ4v) is 2.17. The molecule has 2 nitrogen and oxygen atoms in total. The third kappa shape index (κ3) is 2.80. The molecule has 0 aliphatic rings. The van der Waals surface area contributed by atoms with Crippen LogP contribution in [0.3, 0.4) is 0 Å². The predicted octanol–water partition coefficient (Wildman–Crippen LogP) is 3.56. The van der Waals surface area contributed by atoms with Crippen molar-refractivity contribution in [3.63, 3.8) is 0 Å². The first kappa shape index (κ1) is 14.5. The van der Waals surface area contributed by atoms with E-state index < -0.39 is 17.7 Å². The number of hydrogen-bond donors (Lipinski definition) is 1. The summed E-state index contributed by atoms with van der Waals surface area (Å²) in [5, 5.41) is 10.1. The van der Waals surface area contributed by atoms with E-state index in [0.29, 0.717) is 16.9 Å². The molecule has 0 spiro atoms. The minimum atomic E-state index is -1.26. The van der Waals surface area contributed by atoms with Crippen LogP contribution in [0.1, 0.15) is 22.8 Å². The molecule has 1 unspecified atom stereocenters. The van der Waals surface area contributed by atoms with E-state index in [1.807, 2.05) is 0 Å². The molecule has 0 amide bonds. The number of aliphatic hydroxyl groups is 1. The van der Waals surface area contributed by atoms with Crippen molar-refractivity contribution in [1.82, 2.24) is 0 Å². The summed E-state index contributed by atoms with van der Waals surface area (Å²) in [6.45, 7) is 1.54. The molecule has 0 saturated carbocycles. The summed E-state index contributed by atoms with van der Waals surface area (Å²) < 4.78 is 32.9. The van der Waals surface area contributed by atoms with Gasteiger partial charge in [0, 0.05) is 6.42 Å². The van der Waals surface area contributed by atoms with Crippen LogP contribution in [0.4, 0.5) is 8.78 Å². The summed E-state index contributed by atoms with van der Waals surface area (Å²) in [6.07, 6.45) is -1.17. The maximum atomic E-state index is 14.0. The zero-order chi connectivity index (χ0) is 14.7. The predicted molar refractivity (Wildman–Crippen MR) is 72.8 cm³/mol. The molecule has 1 N–H and O–H groups in total. The molecule has 0 fully saturated rings. The summed E-state index contributed by atoms with van der Waals surface area (Å²) in [5.41, 5.74) is 0.708. The second-order valence-electron chi connectivity index (χ2n) is 4.62. The van der Waals surface area contributed by atoms with Crippen LogP contribution in [0.15, 0.2) is 36.4 Å². The fourth-order valence-electron chi connectivity index (χ4n) is 2.17. The second-order valence-corrected chi connectivity index (χ2v) is 4.62. The van der Waals surface area contributed by atoms with Crippen molar-refractivity contribution in [3.8, 4) is 5.75 Å². The number of ether oxygens (including phenoxy) is 1. The first-order chi connectivity index (χ1) is 9.54. The van der Waals surface area contributed by atoms with Gasteiger partial charge in [0.1, 0.15) is 17.4 Å². The maximum absolute atomic E-state index is 14.0. The van der Waals surface area contributed by atoms with Gasteiger partial charge in [0.25, 0.3) is 0 Å². The van der Waals surface area contributed by atoms with Crippen LogP contribution < -0.4 is 4.74 Å². The first-order valence-corrected chi connectivity index (χ1v) is 6.29. The summed E-state index contributed by atoms with van der Waals surface area (Å²) in [6, 6.07) is 9.60. The molecule has 1 atom stereocenters. The highest BCUT2D eigenvalue weighted by Crippen LogP contribution is 2.29. The first-order valence-electron chi connectivity index (χ1n) is 6.29. The average Bonchev–Trinajstić information content (AvgIpc) is 2.44. The molecule has 0 heterocycles. The van der Waals surface area contributed by atoms with Gasteiger partial charge < -0.3 is 9.84 Å². The number of halogens is 2. The van der Waals surface area contributed by atoms with E-state index in [1.165, 1.54) is 26.2 Å². The molecular weight excluding hydrogens is 262 g/mol. The van der Waals surface area contributed by atoms with Gasteiger partial charge in [0.2, 0.25) is 0 Å². The van der Waals surface area contributed by atoms with Crippen molar-refractivity contribution >= 4 is 0 Å². The molecule has 0 bridgehead atoms. The zero-order valence-electron chi connectivity index (χ0n) is 11.4. The van der Waals surface area contributed by atoms with Crippen molar-refractivity contribution in [3.05, 3.63) is 64.7 Å². The molecule has 2 aromatic carbocycles. The van der Waals surface area contributed by atoms with E-state index in [0.717, 1.165) is 0 Å². The molecule has 0 aromatic heterocycles. The lowest BCUT2D eigenvalue weighted by atomic mass is 9.98. The standard InChI is InChI=1S/C16H16F2O2/c1-10-7-8-12(17)15(16(10)18)13(19)9-11-5-3-4-6-14(11)20-2/h3-8,13,19H,9H2,1-2H3. The average molecular weight is 278 g/mol. The van der Waals surface area contributed by atoms with Gasteiger partial charge in [-0.05, 0) is 30.2 Å². The Kier molecular flexibility index (Phi) is 4.35. The molecule has 0 aliphatic heterocycles. The van der Waals surface area contributed by atoms with Crippen molar-refractivity contribution in [2.45, 2.75) is 19.4 Å². The Morgan fingerprint density at radius 1 is 1.15 bits per heavy atom. The van der Waals surface area contributed by atoms with Crippen molar-refractivity contribution in [2.75, 3.05) is 7.11 Å². The number of para-hydroxylation sites is 1. The second kappa shape index (κ2) is 6.01. The van der Waals surface area contributed by atoms with Crippen molar-refractivity contribution in [1.29, 1.82) is 0 Å². The summed E-state index contributed by atoms with van der Waals surface area (Å²) in [4.78, 5) is 0. The highest BCUT2D eigenvalue weighted by Gasteiger charge is 2.21. The van der Waals surface area contributed by atoms with Gasteiger partial charge in [-0.1, -0.05) is 24.3 Å². The molecule has 0 saturated heterocycles. The van der Waals surface area contributed by atoms with E-state index in [2.05, 4.69) is 0 Å². The van der Waals surface area contributed by atoms with Gasteiger partial charge in [-0.15, -0.1) is 0 Å². The monoisotopic (exact) mass is 278 g/mol. The number of aryl methyl sites for hydroxylation is 1. The third-order valence-corrected chi connectivity index (χ3v) is 3.26. The molecule has 0 aliphatic carbocycles. The van der Waals surface area contributed by atoms with E-state index in [-0.39, 0.29) is 12.0 Å². The smallest absolute Gasteiger partial charge is 0.134 e. The van der Waals surface area contributed by atoms with E-state index in [4.69, 9.17) is 4.74 Å². The molecule has 106 valence electrons. The Morgan fingerprint density at radius 2 is 1.85 bits per heavy atom. The van der Waals surface area contributed by atoms with Gasteiger partial charge in [0.15, 0.2) is 0 Å². The molecule has 4 heteroatoms. The molecular formula is C16H16F2O2. The van der Waals surface area contributed by atoms with Gasteiger partial charge in [-0.2, -0.15) is 0 Å². The largest absolute Gasteiger partial charge is 0.496 e. The summed E-state index contributed by atoms with van der Waals surface area (Å²) >= 11 is 0. The van der Waals surface area contributed by atoms with Crippen LogP contribution >= 0.6 is 0 Å². The van der Waals surface area contributed by atoms with Crippen LogP contribution in [0.5, 0.6) is 5.75 Å². The van der Waals surface area contributed by atoms with E-state index in [9.17, 15) is 13.9 Å². The van der Waals surface area contributed by atoms with Crippen LogP contribution in [0.25, 0.3) is 0 Å². The number of methoxy groups -OCH3 is 1. The maximum Gasteiger partial charge on any atom is 0.134 e. The zero-order valence-corrected chi connectivity index (χ0v) is 11.4. The summed E-state index contributed by atoms with van der Waals surface area (Å²) in [5.74, 6) is -0.858. The highest BCUT2D eigenvalue weighted by molar-refractivity contribution is 5.36. The number of benzene rings is 2. The lowest BCUT2D eigenvalue weighted by molar-refractivity contribution is 0.167. The van der Waals surface area contributed by atoms with Gasteiger partial charge >= 0.3 is 0 Å². The fraction of sp³-hybridized carbons (Fsp3) is 0.250. The molecule has 0 radical (unpaired) electrons. The van der Waals surface area contributed by atoms with Crippen LogP contribution in [0.2, 0.25) is 0 Å². The number of rotatable bonds is 4. The lowest BCUT2D eigenvalue weighted by Gasteiger charge is -2.16. The number of hydrogen-bond acceptors (Lipinski definition) is 2. The minimum Gasteiger partial charge on any atom is -0.496 e. The topological polar surface area (TPSA) is 29.5 Å². The van der Waals surface area contributed by atoms with Crippen LogP contribution in [-0.2, 0) is 6.42 Å². The minimum absolute atomic E-state index is 0.0846. The summed E-state index contributed by atoms with van der Waals surface area (Å²) in [7, 11) is 1.51. The Morgan fingerprint density at radius 3 is 2.55 bits per heavy atom. The van der Waals surface area contributed by atoms with Crippen molar-refractivity contribution in [2.24, 2.45) is 0 Å². The Balaban J connectivity index is 2.33. The Bertz CT molecular complexity index is 611. The van der Waals surface area contributed by atoms with Gasteiger partial charge in [-0.25, -0.2) is 8.78 Å². The van der Waals surface area contributed by atoms with Gasteiger partial charge in [-0.3, -0.25) is 0 Å².